The lowest BCUT2D eigenvalue weighted by atomic mass is 10.1. The Kier molecular flexibility index (Phi) is 8.02. The summed E-state index contributed by atoms with van der Waals surface area (Å²) >= 11 is 1.18. The van der Waals surface area contributed by atoms with Crippen LogP contribution in [0.3, 0.4) is 0 Å². The van der Waals surface area contributed by atoms with Gasteiger partial charge in [0, 0.05) is 10.6 Å². The molecule has 0 heterocycles. The number of para-hydroxylation sites is 1. The van der Waals surface area contributed by atoms with Crippen LogP contribution >= 0.6 is 11.8 Å². The predicted molar refractivity (Wildman–Crippen MR) is 109 cm³/mol. The van der Waals surface area contributed by atoms with Gasteiger partial charge in [-0.25, -0.2) is 4.79 Å². The van der Waals surface area contributed by atoms with Crippen LogP contribution in [0.4, 0.5) is 11.4 Å². The first-order chi connectivity index (χ1) is 12.6. The molecule has 0 bridgehead atoms. The van der Waals surface area contributed by atoms with Crippen molar-refractivity contribution in [3.8, 4) is 0 Å². The SMILES string of the molecule is CCCCc1ccc(N/N=C(\Sc2ccccc2N)C(=O)OCC)cc1. The quantitative estimate of drug-likeness (QED) is 0.184. The van der Waals surface area contributed by atoms with E-state index >= 15 is 0 Å². The number of hydrazone groups is 1. The first kappa shape index (κ1) is 19.8. The van der Waals surface area contributed by atoms with Crippen LogP contribution in [0.2, 0.25) is 0 Å². The third kappa shape index (κ3) is 6.11. The number of carbonyl (C=O) groups is 1. The summed E-state index contributed by atoms with van der Waals surface area (Å²) in [5.74, 6) is -0.479. The lowest BCUT2D eigenvalue weighted by molar-refractivity contribution is -0.134. The molecule has 138 valence electrons. The standard InChI is InChI=1S/C20H25N3O2S/c1-3-5-8-15-11-13-16(14-12-15)22-23-19(20(24)25-4-2)26-18-10-7-6-9-17(18)21/h6-7,9-14,22H,3-5,8,21H2,1-2H3/b23-19-. The Morgan fingerprint density at radius 1 is 1.15 bits per heavy atom. The molecule has 2 aromatic carbocycles. The number of benzene rings is 2. The average Bonchev–Trinajstić information content (AvgIpc) is 2.66. The molecule has 2 rings (SSSR count). The van der Waals surface area contributed by atoms with Gasteiger partial charge in [0.15, 0.2) is 0 Å². The van der Waals surface area contributed by atoms with Gasteiger partial charge in [-0.2, -0.15) is 5.10 Å². The van der Waals surface area contributed by atoms with Gasteiger partial charge in [0.05, 0.1) is 12.3 Å². The second-order valence-electron chi connectivity index (χ2n) is 5.69. The van der Waals surface area contributed by atoms with Crippen molar-refractivity contribution in [1.29, 1.82) is 0 Å². The number of aryl methyl sites for hydroxylation is 1. The second-order valence-corrected chi connectivity index (χ2v) is 6.72. The maximum Gasteiger partial charge on any atom is 0.365 e. The maximum atomic E-state index is 12.2. The van der Waals surface area contributed by atoms with E-state index in [2.05, 4.69) is 29.6 Å². The van der Waals surface area contributed by atoms with Crippen LogP contribution in [0.5, 0.6) is 0 Å². The number of esters is 1. The van der Waals surface area contributed by atoms with Crippen molar-refractivity contribution in [3.05, 3.63) is 54.1 Å². The molecular formula is C20H25N3O2S. The molecule has 0 atom stereocenters. The number of rotatable bonds is 7. The summed E-state index contributed by atoms with van der Waals surface area (Å²) < 4.78 is 5.10. The van der Waals surface area contributed by atoms with Crippen molar-refractivity contribution in [3.63, 3.8) is 0 Å². The van der Waals surface area contributed by atoms with Gasteiger partial charge < -0.3 is 10.5 Å². The van der Waals surface area contributed by atoms with Crippen LogP contribution in [0, 0.1) is 0 Å². The molecule has 0 saturated heterocycles. The largest absolute Gasteiger partial charge is 0.461 e. The van der Waals surface area contributed by atoms with E-state index in [-0.39, 0.29) is 11.7 Å². The Balaban J connectivity index is 2.11. The Morgan fingerprint density at radius 3 is 2.54 bits per heavy atom. The minimum atomic E-state index is -0.479. The van der Waals surface area contributed by atoms with Crippen LogP contribution in [0.25, 0.3) is 0 Å². The molecule has 3 N–H and O–H groups in total. The summed E-state index contributed by atoms with van der Waals surface area (Å²) in [6, 6.07) is 15.4. The molecule has 0 saturated carbocycles. The molecule has 26 heavy (non-hydrogen) atoms. The molecule has 0 aliphatic carbocycles. The highest BCUT2D eigenvalue weighted by Gasteiger charge is 2.16. The number of nitrogens with zero attached hydrogens (tertiary/aromatic N) is 1. The second kappa shape index (κ2) is 10.5. The first-order valence-corrected chi connectivity index (χ1v) is 9.57. The molecule has 0 unspecified atom stereocenters. The van der Waals surface area contributed by atoms with Gasteiger partial charge >= 0.3 is 5.97 Å². The normalized spacial score (nSPS) is 11.2. The highest BCUT2D eigenvalue weighted by molar-refractivity contribution is 8.15. The van der Waals surface area contributed by atoms with E-state index in [1.165, 1.54) is 30.2 Å². The molecule has 0 aliphatic rings. The zero-order chi connectivity index (χ0) is 18.8. The van der Waals surface area contributed by atoms with Gasteiger partial charge in [0.2, 0.25) is 5.04 Å². The lowest BCUT2D eigenvalue weighted by Crippen LogP contribution is -2.16. The van der Waals surface area contributed by atoms with Gasteiger partial charge in [-0.15, -0.1) is 0 Å². The Labute approximate surface area is 159 Å². The summed E-state index contributed by atoms with van der Waals surface area (Å²) in [6.45, 7) is 4.23. The van der Waals surface area contributed by atoms with Crippen LogP contribution in [0.1, 0.15) is 32.3 Å². The fourth-order valence-corrected chi connectivity index (χ4v) is 3.00. The summed E-state index contributed by atoms with van der Waals surface area (Å²) in [7, 11) is 0. The van der Waals surface area contributed by atoms with Crippen LogP contribution in [0.15, 0.2) is 58.5 Å². The van der Waals surface area contributed by atoms with Gasteiger partial charge in [0.1, 0.15) is 0 Å². The number of anilines is 2. The number of nitrogens with one attached hydrogen (secondary N) is 1. The number of nitrogen functional groups attached to an aromatic ring is 1. The molecule has 6 heteroatoms. The van der Waals surface area contributed by atoms with Crippen molar-refractivity contribution in [1.82, 2.24) is 0 Å². The highest BCUT2D eigenvalue weighted by atomic mass is 32.2. The van der Waals surface area contributed by atoms with Crippen LogP contribution in [-0.2, 0) is 16.0 Å². The minimum Gasteiger partial charge on any atom is -0.461 e. The molecular weight excluding hydrogens is 346 g/mol. The lowest BCUT2D eigenvalue weighted by Gasteiger charge is -2.09. The Hall–Kier alpha value is -2.47. The van der Waals surface area contributed by atoms with Crippen molar-refractivity contribution in [2.24, 2.45) is 5.10 Å². The smallest absolute Gasteiger partial charge is 0.365 e. The predicted octanol–water partition coefficient (Wildman–Crippen LogP) is 4.69. The van der Waals surface area contributed by atoms with E-state index in [1.807, 2.05) is 30.3 Å². The van der Waals surface area contributed by atoms with E-state index in [0.29, 0.717) is 5.69 Å². The van der Waals surface area contributed by atoms with Crippen LogP contribution in [-0.4, -0.2) is 17.6 Å². The van der Waals surface area contributed by atoms with Gasteiger partial charge in [-0.1, -0.05) is 49.4 Å². The van der Waals surface area contributed by atoms with Crippen molar-refractivity contribution in [2.45, 2.75) is 38.0 Å². The minimum absolute atomic E-state index is 0.208. The summed E-state index contributed by atoms with van der Waals surface area (Å²) in [5.41, 5.74) is 11.6. The maximum absolute atomic E-state index is 12.2. The van der Waals surface area contributed by atoms with E-state index < -0.39 is 5.97 Å². The molecule has 0 amide bonds. The molecule has 0 aromatic heterocycles. The third-order valence-corrected chi connectivity index (χ3v) is 4.68. The number of unbranched alkanes of at least 4 members (excludes halogenated alkanes) is 1. The van der Waals surface area contributed by atoms with Crippen LogP contribution < -0.4 is 11.2 Å². The van der Waals surface area contributed by atoms with Gasteiger partial charge in [-0.05, 0) is 49.6 Å². The number of hydrogen-bond acceptors (Lipinski definition) is 6. The number of nitrogens with two attached hydrogens (primary N) is 1. The summed E-state index contributed by atoms with van der Waals surface area (Å²) in [4.78, 5) is 13.0. The molecule has 0 radical (unpaired) electrons. The van der Waals surface area contributed by atoms with E-state index in [4.69, 9.17) is 10.5 Å². The highest BCUT2D eigenvalue weighted by Crippen LogP contribution is 2.26. The fraction of sp³-hybridized carbons (Fsp3) is 0.300. The zero-order valence-corrected chi connectivity index (χ0v) is 16.0. The molecule has 0 fully saturated rings. The Morgan fingerprint density at radius 2 is 1.88 bits per heavy atom. The zero-order valence-electron chi connectivity index (χ0n) is 15.2. The molecule has 2 aromatic rings. The molecule has 0 aliphatic heterocycles. The molecule has 5 nitrogen and oxygen atoms in total. The number of thioether (sulfide) groups is 1. The van der Waals surface area contributed by atoms with Gasteiger partial charge in [-0.3, -0.25) is 5.43 Å². The van der Waals surface area contributed by atoms with E-state index in [1.54, 1.807) is 13.0 Å². The fourth-order valence-electron chi connectivity index (χ4n) is 2.22. The summed E-state index contributed by atoms with van der Waals surface area (Å²) in [5, 5.41) is 4.45. The van der Waals surface area contributed by atoms with Crippen molar-refractivity contribution in [2.75, 3.05) is 17.8 Å². The molecule has 0 spiro atoms. The topological polar surface area (TPSA) is 76.7 Å². The van der Waals surface area contributed by atoms with Crippen molar-refractivity contribution < 1.29 is 9.53 Å². The number of carbonyl (C=O) groups excluding carboxylic acids is 1. The van der Waals surface area contributed by atoms with Crippen molar-refractivity contribution >= 4 is 34.1 Å². The first-order valence-electron chi connectivity index (χ1n) is 8.76. The monoisotopic (exact) mass is 371 g/mol. The van der Waals surface area contributed by atoms with E-state index in [0.717, 1.165) is 17.0 Å². The van der Waals surface area contributed by atoms with Gasteiger partial charge in [0.25, 0.3) is 0 Å². The Bertz CT molecular complexity index is 745. The summed E-state index contributed by atoms with van der Waals surface area (Å²) in [6.07, 6.45) is 3.41. The number of ether oxygens (including phenoxy) is 1. The third-order valence-electron chi connectivity index (χ3n) is 3.64. The number of hydrogen-bond donors (Lipinski definition) is 2. The average molecular weight is 372 g/mol. The van der Waals surface area contributed by atoms with E-state index in [9.17, 15) is 4.79 Å².